The lowest BCUT2D eigenvalue weighted by Gasteiger charge is -2.19. The van der Waals surface area contributed by atoms with Crippen LogP contribution < -0.4 is 5.56 Å². The van der Waals surface area contributed by atoms with Crippen LogP contribution in [0, 0.1) is 31.1 Å². The van der Waals surface area contributed by atoms with Gasteiger partial charge in [0, 0.05) is 12.1 Å². The minimum atomic E-state index is -4.36. The summed E-state index contributed by atoms with van der Waals surface area (Å²) >= 11 is 0. The maximum Gasteiger partial charge on any atom is 0.294 e. The molecule has 172 valence electrons. The molecule has 1 aromatic carbocycles. The lowest BCUT2D eigenvalue weighted by Crippen LogP contribution is -2.25. The summed E-state index contributed by atoms with van der Waals surface area (Å²) in [5.74, 6) is -0.217. The van der Waals surface area contributed by atoms with Crippen LogP contribution in [0.15, 0.2) is 38.1 Å². The zero-order chi connectivity index (χ0) is 24.1. The molecule has 1 aromatic heterocycles. The van der Waals surface area contributed by atoms with E-state index < -0.39 is 15.7 Å². The normalized spacial score (nSPS) is 12.8. The Morgan fingerprint density at radius 1 is 1.22 bits per heavy atom. The average Bonchev–Trinajstić information content (AvgIpc) is 2.72. The first kappa shape index (κ1) is 25.2. The third-order valence-electron chi connectivity index (χ3n) is 5.45. The molecule has 0 saturated carbocycles. The number of aryl methyl sites for hydroxylation is 1. The molecule has 1 heterocycles. The molecular formula is C22H28N4O5S. The molecule has 0 spiro atoms. The summed E-state index contributed by atoms with van der Waals surface area (Å²) in [6, 6.07) is 5.88. The minimum Gasteiger partial charge on any atom is -0.493 e. The van der Waals surface area contributed by atoms with Crippen molar-refractivity contribution < 1.29 is 18.1 Å². The highest BCUT2D eigenvalue weighted by atomic mass is 32.2. The largest absolute Gasteiger partial charge is 0.493 e. The Labute approximate surface area is 187 Å². The van der Waals surface area contributed by atoms with Crippen molar-refractivity contribution in [1.82, 2.24) is 4.57 Å². The lowest BCUT2D eigenvalue weighted by molar-refractivity contribution is 0.339. The maximum atomic E-state index is 13.1. The summed E-state index contributed by atoms with van der Waals surface area (Å²) in [6.45, 7) is 7.37. The Morgan fingerprint density at radius 3 is 2.44 bits per heavy atom. The molecule has 32 heavy (non-hydrogen) atoms. The molecule has 0 aliphatic carbocycles. The van der Waals surface area contributed by atoms with Crippen molar-refractivity contribution in [2.75, 3.05) is 0 Å². The van der Waals surface area contributed by atoms with Gasteiger partial charge in [0.2, 0.25) is 5.88 Å². The first-order chi connectivity index (χ1) is 15.0. The Kier molecular flexibility index (Phi) is 8.30. The maximum absolute atomic E-state index is 13.1. The summed E-state index contributed by atoms with van der Waals surface area (Å²) in [5, 5.41) is 28.1. The highest BCUT2D eigenvalue weighted by Gasteiger charge is 2.21. The van der Waals surface area contributed by atoms with Crippen LogP contribution in [0.25, 0.3) is 0 Å². The van der Waals surface area contributed by atoms with Gasteiger partial charge in [0.05, 0.1) is 10.6 Å². The van der Waals surface area contributed by atoms with E-state index in [-0.39, 0.29) is 51.3 Å². The molecule has 0 bridgehead atoms. The number of hydrogen-bond donors (Lipinski definition) is 2. The van der Waals surface area contributed by atoms with Gasteiger partial charge in [-0.2, -0.15) is 18.8 Å². The summed E-state index contributed by atoms with van der Waals surface area (Å²) in [5.41, 5.74) is 0.0827. The lowest BCUT2D eigenvalue weighted by atomic mass is 9.99. The van der Waals surface area contributed by atoms with Crippen LogP contribution >= 0.6 is 0 Å². The van der Waals surface area contributed by atoms with E-state index in [9.17, 15) is 28.1 Å². The van der Waals surface area contributed by atoms with E-state index in [2.05, 4.69) is 17.2 Å². The number of azo groups is 1. The van der Waals surface area contributed by atoms with Gasteiger partial charge in [0.1, 0.15) is 11.6 Å². The number of rotatable bonds is 9. The molecule has 0 fully saturated rings. The van der Waals surface area contributed by atoms with Crippen LogP contribution in [0.3, 0.4) is 0 Å². The Balaban J connectivity index is 2.53. The van der Waals surface area contributed by atoms with Crippen molar-refractivity contribution in [3.8, 4) is 11.9 Å². The summed E-state index contributed by atoms with van der Waals surface area (Å²) in [7, 11) is -4.36. The molecule has 0 radical (unpaired) electrons. The highest BCUT2D eigenvalue weighted by Crippen LogP contribution is 2.29. The third kappa shape index (κ3) is 5.60. The van der Waals surface area contributed by atoms with Gasteiger partial charge in [-0.1, -0.05) is 33.1 Å². The van der Waals surface area contributed by atoms with Gasteiger partial charge >= 0.3 is 0 Å². The monoisotopic (exact) mass is 460 g/mol. The van der Waals surface area contributed by atoms with Crippen molar-refractivity contribution in [2.24, 2.45) is 16.1 Å². The Morgan fingerprint density at radius 2 is 1.91 bits per heavy atom. The van der Waals surface area contributed by atoms with Gasteiger partial charge < -0.3 is 5.11 Å². The van der Waals surface area contributed by atoms with Crippen molar-refractivity contribution >= 4 is 21.5 Å². The van der Waals surface area contributed by atoms with Crippen LogP contribution in [-0.2, 0) is 16.7 Å². The zero-order valence-electron chi connectivity index (χ0n) is 18.7. The van der Waals surface area contributed by atoms with Crippen molar-refractivity contribution in [2.45, 2.75) is 64.8 Å². The molecule has 10 heteroatoms. The topological polar surface area (TPSA) is 145 Å². The van der Waals surface area contributed by atoms with Crippen LogP contribution in [0.2, 0.25) is 0 Å². The predicted octanol–water partition coefficient (Wildman–Crippen LogP) is 4.92. The van der Waals surface area contributed by atoms with Gasteiger partial charge in [-0.05, 0) is 49.9 Å². The third-order valence-corrected chi connectivity index (χ3v) is 6.47. The second-order valence-corrected chi connectivity index (χ2v) is 9.13. The number of aromatic hydroxyl groups is 1. The van der Waals surface area contributed by atoms with E-state index in [4.69, 9.17) is 0 Å². The second kappa shape index (κ2) is 10.5. The molecular weight excluding hydrogens is 432 g/mol. The van der Waals surface area contributed by atoms with Crippen molar-refractivity contribution in [1.29, 1.82) is 5.26 Å². The highest BCUT2D eigenvalue weighted by molar-refractivity contribution is 7.85. The number of nitrogens with zero attached hydrogens (tertiary/aromatic N) is 4. The number of hydrogen-bond acceptors (Lipinski definition) is 7. The van der Waals surface area contributed by atoms with E-state index >= 15 is 0 Å². The van der Waals surface area contributed by atoms with Gasteiger partial charge in [0.15, 0.2) is 5.69 Å². The van der Waals surface area contributed by atoms with E-state index in [1.54, 1.807) is 0 Å². The molecule has 0 aliphatic heterocycles. The smallest absolute Gasteiger partial charge is 0.294 e. The molecule has 2 aromatic rings. The quantitative estimate of drug-likeness (QED) is 0.401. The Bertz CT molecular complexity index is 1230. The standard InChI is InChI=1S/C22H28N4O5S/c1-5-7-8-16(6-2)13-26-21(27)18(12-23)15(4)20(22(26)28)25-24-17-9-10-19(14(3)11-17)32(29,30)31/h9-11,16,27H,5-8,13H2,1-4H3,(H,29,30,31). The zero-order valence-corrected chi connectivity index (χ0v) is 19.5. The number of aromatic nitrogens is 1. The predicted molar refractivity (Wildman–Crippen MR) is 120 cm³/mol. The number of nitriles is 1. The molecule has 2 rings (SSSR count). The van der Waals surface area contributed by atoms with Gasteiger partial charge in [0.25, 0.3) is 15.7 Å². The van der Waals surface area contributed by atoms with Gasteiger partial charge in [-0.3, -0.25) is 13.9 Å². The average molecular weight is 461 g/mol. The molecule has 2 N–H and O–H groups in total. The van der Waals surface area contributed by atoms with E-state index in [0.717, 1.165) is 25.7 Å². The summed E-state index contributed by atoms with van der Waals surface area (Å²) in [4.78, 5) is 12.9. The fraction of sp³-hybridized carbons (Fsp3) is 0.455. The van der Waals surface area contributed by atoms with Crippen LogP contribution in [-0.4, -0.2) is 22.6 Å². The van der Waals surface area contributed by atoms with Crippen LogP contribution in [0.5, 0.6) is 5.88 Å². The van der Waals surface area contributed by atoms with Crippen LogP contribution in [0.4, 0.5) is 11.4 Å². The molecule has 0 saturated heterocycles. The number of unbranched alkanes of at least 4 members (excludes halogenated alkanes) is 1. The SMILES string of the molecule is CCCCC(CC)Cn1c(O)c(C#N)c(C)c(N=Nc2ccc(S(=O)(=O)O)c(C)c2)c1=O. The van der Waals surface area contributed by atoms with E-state index in [0.29, 0.717) is 0 Å². The molecule has 0 aliphatic rings. The first-order valence-electron chi connectivity index (χ1n) is 10.4. The van der Waals surface area contributed by atoms with E-state index in [1.165, 1.54) is 36.6 Å². The van der Waals surface area contributed by atoms with Crippen LogP contribution in [0.1, 0.15) is 56.2 Å². The molecule has 1 unspecified atom stereocenters. The number of benzene rings is 1. The number of pyridine rings is 1. The molecule has 0 amide bonds. The minimum absolute atomic E-state index is 0.0400. The fourth-order valence-corrected chi connectivity index (χ4v) is 4.20. The second-order valence-electron chi connectivity index (χ2n) is 7.74. The van der Waals surface area contributed by atoms with E-state index in [1.807, 2.05) is 13.0 Å². The summed E-state index contributed by atoms with van der Waals surface area (Å²) < 4.78 is 33.1. The molecule has 1 atom stereocenters. The molecule has 9 nitrogen and oxygen atoms in total. The summed E-state index contributed by atoms with van der Waals surface area (Å²) in [6.07, 6.45) is 3.73. The fourth-order valence-electron chi connectivity index (χ4n) is 3.49. The van der Waals surface area contributed by atoms with Gasteiger partial charge in [-0.25, -0.2) is 0 Å². The Hall–Kier alpha value is -3.03. The van der Waals surface area contributed by atoms with Crippen molar-refractivity contribution in [3.63, 3.8) is 0 Å². The van der Waals surface area contributed by atoms with Gasteiger partial charge in [-0.15, -0.1) is 5.11 Å². The van der Waals surface area contributed by atoms with Crippen molar-refractivity contribution in [3.05, 3.63) is 45.2 Å². The first-order valence-corrected chi connectivity index (χ1v) is 11.8.